The zero-order chi connectivity index (χ0) is 21.0. The van der Waals surface area contributed by atoms with Crippen LogP contribution in [-0.4, -0.2) is 40.8 Å². The molecule has 1 aromatic carbocycles. The molecule has 3 rings (SSSR count). The molecule has 0 aliphatic carbocycles. The second-order valence-electron chi connectivity index (χ2n) is 6.13. The number of aromatic nitrogens is 4. The molecule has 0 aliphatic rings. The molecule has 0 saturated heterocycles. The lowest BCUT2D eigenvalue weighted by atomic mass is 10.2. The highest BCUT2D eigenvalue weighted by Crippen LogP contribution is 2.22. The summed E-state index contributed by atoms with van der Waals surface area (Å²) in [6.45, 7) is -0.228. The summed E-state index contributed by atoms with van der Waals surface area (Å²) < 4.78 is 49.3. The SMILES string of the molecule is CS(=O)(=O)c1cccc(CNc2nc(Nc3cnn(CC(F)F)c3)ncc2Cl)c1. The first-order valence-electron chi connectivity index (χ1n) is 8.34. The summed E-state index contributed by atoms with van der Waals surface area (Å²) in [6, 6.07) is 6.51. The van der Waals surface area contributed by atoms with Gasteiger partial charge in [-0.3, -0.25) is 4.68 Å². The van der Waals surface area contributed by atoms with Gasteiger partial charge in [0.2, 0.25) is 5.95 Å². The molecule has 2 N–H and O–H groups in total. The number of alkyl halides is 2. The Morgan fingerprint density at radius 3 is 2.79 bits per heavy atom. The number of nitrogens with one attached hydrogen (secondary N) is 2. The molecule has 3 aromatic rings. The maximum Gasteiger partial charge on any atom is 0.257 e. The molecule has 0 amide bonds. The fourth-order valence-electron chi connectivity index (χ4n) is 2.42. The third-order valence-electron chi connectivity index (χ3n) is 3.75. The summed E-state index contributed by atoms with van der Waals surface area (Å²) in [5.41, 5.74) is 1.17. The van der Waals surface area contributed by atoms with Gasteiger partial charge < -0.3 is 10.6 Å². The molecule has 12 heteroatoms. The lowest BCUT2D eigenvalue weighted by Gasteiger charge is -2.10. The largest absolute Gasteiger partial charge is 0.365 e. The van der Waals surface area contributed by atoms with Crippen LogP contribution in [-0.2, 0) is 22.9 Å². The van der Waals surface area contributed by atoms with Gasteiger partial charge in [-0.15, -0.1) is 0 Å². The normalized spacial score (nSPS) is 11.6. The Hall–Kier alpha value is -2.79. The van der Waals surface area contributed by atoms with Crippen LogP contribution in [0, 0.1) is 0 Å². The van der Waals surface area contributed by atoms with Gasteiger partial charge in [0.1, 0.15) is 11.6 Å². The zero-order valence-corrected chi connectivity index (χ0v) is 16.8. The maximum atomic E-state index is 12.4. The standard InChI is InChI=1S/C17H17ClF2N6O2S/c1-29(27,28)13-4-2-3-11(5-13)6-21-16-14(18)8-22-17(25-16)24-12-7-23-26(9-12)10-15(19)20/h2-5,7-9,15H,6,10H2,1H3,(H2,21,22,24,25). The van der Waals surface area contributed by atoms with Gasteiger partial charge in [-0.1, -0.05) is 23.7 Å². The van der Waals surface area contributed by atoms with Gasteiger partial charge in [-0.2, -0.15) is 10.1 Å². The number of benzene rings is 1. The lowest BCUT2D eigenvalue weighted by Crippen LogP contribution is -2.07. The summed E-state index contributed by atoms with van der Waals surface area (Å²) >= 11 is 6.12. The molecule has 29 heavy (non-hydrogen) atoms. The number of hydrogen-bond donors (Lipinski definition) is 2. The lowest BCUT2D eigenvalue weighted by molar-refractivity contribution is 0.122. The van der Waals surface area contributed by atoms with Gasteiger partial charge >= 0.3 is 0 Å². The predicted octanol–water partition coefficient (Wildman–Crippen LogP) is 3.35. The molecule has 0 radical (unpaired) electrons. The first-order chi connectivity index (χ1) is 13.7. The van der Waals surface area contributed by atoms with Crippen molar-refractivity contribution >= 4 is 38.9 Å². The van der Waals surface area contributed by atoms with E-state index in [-0.39, 0.29) is 22.4 Å². The van der Waals surface area contributed by atoms with E-state index >= 15 is 0 Å². The van der Waals surface area contributed by atoms with Crippen molar-refractivity contribution in [3.05, 3.63) is 53.4 Å². The van der Waals surface area contributed by atoms with Gasteiger partial charge in [-0.25, -0.2) is 22.2 Å². The van der Waals surface area contributed by atoms with Crippen LogP contribution in [0.15, 0.2) is 47.8 Å². The van der Waals surface area contributed by atoms with E-state index in [9.17, 15) is 17.2 Å². The fraction of sp³-hybridized carbons (Fsp3) is 0.235. The topological polar surface area (TPSA) is 102 Å². The fourth-order valence-corrected chi connectivity index (χ4v) is 3.27. The van der Waals surface area contributed by atoms with Crippen molar-refractivity contribution in [2.45, 2.75) is 24.4 Å². The molecule has 154 valence electrons. The van der Waals surface area contributed by atoms with Crippen LogP contribution in [0.4, 0.5) is 26.2 Å². The van der Waals surface area contributed by atoms with E-state index in [4.69, 9.17) is 11.6 Å². The number of hydrogen-bond acceptors (Lipinski definition) is 7. The Morgan fingerprint density at radius 1 is 1.28 bits per heavy atom. The summed E-state index contributed by atoms with van der Waals surface area (Å²) in [4.78, 5) is 8.52. The van der Waals surface area contributed by atoms with Gasteiger partial charge in [-0.05, 0) is 17.7 Å². The van der Waals surface area contributed by atoms with Crippen LogP contribution in [0.1, 0.15) is 5.56 Å². The molecular weight excluding hydrogens is 426 g/mol. The average Bonchev–Trinajstić information content (AvgIpc) is 3.07. The first kappa shape index (κ1) is 20.9. The number of sulfone groups is 1. The van der Waals surface area contributed by atoms with Gasteiger partial charge in [0.15, 0.2) is 15.7 Å². The van der Waals surface area contributed by atoms with Crippen molar-refractivity contribution in [1.29, 1.82) is 0 Å². The minimum Gasteiger partial charge on any atom is -0.365 e. The van der Waals surface area contributed by atoms with Crippen molar-refractivity contribution in [2.75, 3.05) is 16.9 Å². The molecule has 0 bridgehead atoms. The third-order valence-corrected chi connectivity index (χ3v) is 5.13. The van der Waals surface area contributed by atoms with Crippen molar-refractivity contribution in [1.82, 2.24) is 19.7 Å². The van der Waals surface area contributed by atoms with Crippen molar-refractivity contribution in [3.63, 3.8) is 0 Å². The van der Waals surface area contributed by atoms with Crippen LogP contribution < -0.4 is 10.6 Å². The van der Waals surface area contributed by atoms with E-state index in [1.54, 1.807) is 18.2 Å². The Balaban J connectivity index is 1.70. The van der Waals surface area contributed by atoms with E-state index in [2.05, 4.69) is 25.7 Å². The van der Waals surface area contributed by atoms with Crippen LogP contribution in [0.2, 0.25) is 5.02 Å². The van der Waals surface area contributed by atoms with E-state index in [1.165, 1.54) is 24.7 Å². The molecule has 0 aliphatic heterocycles. The summed E-state index contributed by atoms with van der Waals surface area (Å²) in [5, 5.41) is 9.98. The molecular formula is C17H17ClF2N6O2S. The second kappa shape index (κ2) is 8.70. The van der Waals surface area contributed by atoms with E-state index in [1.807, 2.05) is 0 Å². The molecule has 0 fully saturated rings. The van der Waals surface area contributed by atoms with Crippen LogP contribution >= 0.6 is 11.6 Å². The quantitative estimate of drug-likeness (QED) is 0.551. The summed E-state index contributed by atoms with van der Waals surface area (Å²) in [6.07, 6.45) is 2.81. The number of anilines is 3. The van der Waals surface area contributed by atoms with Crippen molar-refractivity contribution in [3.8, 4) is 0 Å². The van der Waals surface area contributed by atoms with Crippen molar-refractivity contribution < 1.29 is 17.2 Å². The van der Waals surface area contributed by atoms with Gasteiger partial charge in [0.25, 0.3) is 6.43 Å². The predicted molar refractivity (Wildman–Crippen MR) is 105 cm³/mol. The smallest absolute Gasteiger partial charge is 0.257 e. The molecule has 0 spiro atoms. The molecule has 0 unspecified atom stereocenters. The number of halogens is 3. The van der Waals surface area contributed by atoms with Crippen LogP contribution in [0.5, 0.6) is 0 Å². The molecule has 0 saturated carbocycles. The number of nitrogens with zero attached hydrogens (tertiary/aromatic N) is 4. The molecule has 2 heterocycles. The highest BCUT2D eigenvalue weighted by molar-refractivity contribution is 7.90. The van der Waals surface area contributed by atoms with E-state index in [0.29, 0.717) is 11.5 Å². The summed E-state index contributed by atoms with van der Waals surface area (Å²) in [7, 11) is -3.31. The Labute approximate surface area is 170 Å². The van der Waals surface area contributed by atoms with Crippen LogP contribution in [0.25, 0.3) is 0 Å². The third kappa shape index (κ3) is 5.84. The van der Waals surface area contributed by atoms with Crippen molar-refractivity contribution in [2.24, 2.45) is 0 Å². The molecule has 8 nitrogen and oxygen atoms in total. The monoisotopic (exact) mass is 442 g/mol. The molecule has 0 atom stereocenters. The highest BCUT2D eigenvalue weighted by Gasteiger charge is 2.10. The minimum absolute atomic E-state index is 0.193. The van der Waals surface area contributed by atoms with Crippen LogP contribution in [0.3, 0.4) is 0 Å². The average molecular weight is 443 g/mol. The Bertz CT molecular complexity index is 1110. The second-order valence-corrected chi connectivity index (χ2v) is 8.55. The molecule has 2 aromatic heterocycles. The van der Waals surface area contributed by atoms with Gasteiger partial charge in [0, 0.05) is 19.0 Å². The minimum atomic E-state index is -3.31. The number of rotatable bonds is 8. The zero-order valence-electron chi connectivity index (χ0n) is 15.2. The Morgan fingerprint density at radius 2 is 2.07 bits per heavy atom. The van der Waals surface area contributed by atoms with Gasteiger partial charge in [0.05, 0.1) is 23.0 Å². The first-order valence-corrected chi connectivity index (χ1v) is 10.6. The van der Waals surface area contributed by atoms with E-state index < -0.39 is 22.8 Å². The Kier molecular flexibility index (Phi) is 6.28. The van der Waals surface area contributed by atoms with E-state index in [0.717, 1.165) is 16.5 Å². The maximum absolute atomic E-state index is 12.4. The highest BCUT2D eigenvalue weighted by atomic mass is 35.5. The summed E-state index contributed by atoms with van der Waals surface area (Å²) in [5.74, 6) is 0.521.